The lowest BCUT2D eigenvalue weighted by molar-refractivity contribution is -0.137. The number of para-hydroxylation sites is 2. The van der Waals surface area contributed by atoms with Gasteiger partial charge in [-0.2, -0.15) is 18.2 Å². The molecule has 0 radical (unpaired) electrons. The number of hydrogen-bond donors (Lipinski definition) is 2. The summed E-state index contributed by atoms with van der Waals surface area (Å²) in [5, 5.41) is 16.4. The van der Waals surface area contributed by atoms with Crippen LogP contribution in [-0.2, 0) is 17.5 Å². The van der Waals surface area contributed by atoms with Crippen molar-refractivity contribution >= 4 is 11.6 Å². The fourth-order valence-corrected chi connectivity index (χ4v) is 3.60. The maximum atomic E-state index is 12.7. The highest BCUT2D eigenvalue weighted by Gasteiger charge is 2.30. The van der Waals surface area contributed by atoms with Crippen molar-refractivity contribution in [1.82, 2.24) is 15.0 Å². The number of nitrogens with zero attached hydrogens (tertiary/aromatic N) is 3. The number of alkyl halides is 3. The Labute approximate surface area is 181 Å². The number of phenolic OH excluding ortho intramolecular Hbond substituents is 1. The van der Waals surface area contributed by atoms with E-state index in [-0.39, 0.29) is 23.4 Å². The molecule has 0 bridgehead atoms. The van der Waals surface area contributed by atoms with E-state index >= 15 is 0 Å². The Morgan fingerprint density at radius 3 is 2.47 bits per heavy atom. The van der Waals surface area contributed by atoms with Crippen molar-refractivity contribution in [3.05, 3.63) is 60.0 Å². The van der Waals surface area contributed by atoms with Gasteiger partial charge in [0, 0.05) is 11.5 Å². The van der Waals surface area contributed by atoms with Crippen molar-refractivity contribution in [2.75, 3.05) is 18.4 Å². The number of nitrogens with one attached hydrogen (secondary N) is 1. The van der Waals surface area contributed by atoms with Gasteiger partial charge in [0.15, 0.2) is 0 Å². The number of anilines is 1. The minimum Gasteiger partial charge on any atom is -0.506 e. The predicted molar refractivity (Wildman–Crippen MR) is 109 cm³/mol. The molecular weight excluding hydrogens is 425 g/mol. The Balaban J connectivity index is 1.30. The zero-order valence-corrected chi connectivity index (χ0v) is 17.0. The number of aromatic hydroxyl groups is 1. The number of likely N-dealkylation sites (tertiary alicyclic amines) is 1. The molecule has 1 aliphatic rings. The van der Waals surface area contributed by atoms with Gasteiger partial charge in [0.1, 0.15) is 5.75 Å². The summed E-state index contributed by atoms with van der Waals surface area (Å²) in [5.41, 5.74) is 0.0912. The molecule has 2 aromatic carbocycles. The van der Waals surface area contributed by atoms with Crippen molar-refractivity contribution in [3.8, 4) is 17.1 Å². The lowest BCUT2D eigenvalue weighted by Gasteiger charge is -2.30. The van der Waals surface area contributed by atoms with Gasteiger partial charge in [-0.3, -0.25) is 9.69 Å². The monoisotopic (exact) mass is 446 g/mol. The number of aromatic nitrogens is 2. The summed E-state index contributed by atoms with van der Waals surface area (Å²) in [6.45, 7) is 1.69. The Bertz CT molecular complexity index is 1070. The summed E-state index contributed by atoms with van der Waals surface area (Å²) in [6.07, 6.45) is -3.12. The van der Waals surface area contributed by atoms with Gasteiger partial charge in [0.2, 0.25) is 17.6 Å². The highest BCUT2D eigenvalue weighted by molar-refractivity contribution is 5.93. The Kier molecular flexibility index (Phi) is 6.13. The standard InChI is InChI=1S/C22H21F3N4O3/c23-22(24,25)16-7-5-14(6-8-16)20-27-19(32-28-20)13-29-11-9-15(10-12-29)21(31)26-17-3-1-2-4-18(17)30/h1-8,15,30H,9-13H2,(H,26,31). The van der Waals surface area contributed by atoms with Gasteiger partial charge in [-0.25, -0.2) is 0 Å². The average molecular weight is 446 g/mol. The Hall–Kier alpha value is -3.40. The van der Waals surface area contributed by atoms with Gasteiger partial charge in [-0.05, 0) is 50.2 Å². The van der Waals surface area contributed by atoms with Gasteiger partial charge in [0.25, 0.3) is 0 Å². The smallest absolute Gasteiger partial charge is 0.416 e. The molecule has 0 spiro atoms. The van der Waals surface area contributed by atoms with Crippen LogP contribution in [0.3, 0.4) is 0 Å². The van der Waals surface area contributed by atoms with Gasteiger partial charge in [0.05, 0.1) is 17.8 Å². The first-order valence-electron chi connectivity index (χ1n) is 10.1. The van der Waals surface area contributed by atoms with Crippen LogP contribution in [0.4, 0.5) is 18.9 Å². The van der Waals surface area contributed by atoms with Crippen LogP contribution in [0.15, 0.2) is 53.1 Å². The molecule has 1 aliphatic heterocycles. The molecular formula is C22H21F3N4O3. The minimum absolute atomic E-state index is 0.0264. The zero-order valence-electron chi connectivity index (χ0n) is 17.0. The minimum atomic E-state index is -4.40. The molecule has 3 aromatic rings. The molecule has 7 nitrogen and oxygen atoms in total. The van der Waals surface area contributed by atoms with E-state index in [0.29, 0.717) is 49.6 Å². The molecule has 0 unspecified atom stereocenters. The van der Waals surface area contributed by atoms with Gasteiger partial charge in [-0.1, -0.05) is 29.4 Å². The van der Waals surface area contributed by atoms with E-state index < -0.39 is 11.7 Å². The quantitative estimate of drug-likeness (QED) is 0.568. The van der Waals surface area contributed by atoms with Crippen molar-refractivity contribution in [1.29, 1.82) is 0 Å². The summed E-state index contributed by atoms with van der Waals surface area (Å²) in [6, 6.07) is 11.2. The largest absolute Gasteiger partial charge is 0.506 e. The lowest BCUT2D eigenvalue weighted by Crippen LogP contribution is -2.37. The Morgan fingerprint density at radius 1 is 1.12 bits per heavy atom. The van der Waals surface area contributed by atoms with Crippen LogP contribution in [-0.4, -0.2) is 39.1 Å². The van der Waals surface area contributed by atoms with Gasteiger partial charge in [-0.15, -0.1) is 0 Å². The van der Waals surface area contributed by atoms with Crippen LogP contribution in [0.1, 0.15) is 24.3 Å². The Morgan fingerprint density at radius 2 is 1.81 bits per heavy atom. The molecule has 0 atom stereocenters. The van der Waals surface area contributed by atoms with Crippen LogP contribution in [0.2, 0.25) is 0 Å². The lowest BCUT2D eigenvalue weighted by atomic mass is 9.96. The van der Waals surface area contributed by atoms with Crippen LogP contribution in [0.25, 0.3) is 11.4 Å². The van der Waals surface area contributed by atoms with E-state index in [2.05, 4.69) is 20.4 Å². The third-order valence-electron chi connectivity index (χ3n) is 5.42. The average Bonchev–Trinajstić information content (AvgIpc) is 3.24. The number of piperidine rings is 1. The summed E-state index contributed by atoms with van der Waals surface area (Å²) in [5.74, 6) is 0.311. The van der Waals surface area contributed by atoms with Crippen molar-refractivity contribution in [3.63, 3.8) is 0 Å². The number of rotatable bonds is 5. The number of benzene rings is 2. The zero-order chi connectivity index (χ0) is 22.7. The topological polar surface area (TPSA) is 91.5 Å². The maximum absolute atomic E-state index is 12.7. The van der Waals surface area contributed by atoms with E-state index in [4.69, 9.17) is 4.52 Å². The van der Waals surface area contributed by atoms with Crippen molar-refractivity contribution in [2.24, 2.45) is 5.92 Å². The summed E-state index contributed by atoms with van der Waals surface area (Å²) < 4.78 is 43.4. The number of halogens is 3. The molecule has 168 valence electrons. The maximum Gasteiger partial charge on any atom is 0.416 e. The summed E-state index contributed by atoms with van der Waals surface area (Å²) >= 11 is 0. The molecule has 0 aliphatic carbocycles. The molecule has 1 aromatic heterocycles. The molecule has 2 heterocycles. The van der Waals surface area contributed by atoms with Crippen LogP contribution in [0.5, 0.6) is 5.75 Å². The number of carbonyl (C=O) groups excluding carboxylic acids is 1. The second kappa shape index (κ2) is 8.99. The predicted octanol–water partition coefficient (Wildman–Crippen LogP) is 4.31. The number of carbonyl (C=O) groups is 1. The number of phenols is 1. The van der Waals surface area contributed by atoms with Gasteiger partial charge < -0.3 is 14.9 Å². The van der Waals surface area contributed by atoms with E-state index in [1.54, 1.807) is 18.2 Å². The highest BCUT2D eigenvalue weighted by Crippen LogP contribution is 2.30. The normalized spacial score (nSPS) is 15.6. The van der Waals surface area contributed by atoms with E-state index in [0.717, 1.165) is 12.1 Å². The second-order valence-corrected chi connectivity index (χ2v) is 7.64. The first kappa shape index (κ1) is 21.8. The first-order valence-corrected chi connectivity index (χ1v) is 10.1. The number of hydrogen-bond acceptors (Lipinski definition) is 6. The van der Waals surface area contributed by atoms with Crippen molar-refractivity contribution < 1.29 is 27.6 Å². The van der Waals surface area contributed by atoms with Crippen LogP contribution < -0.4 is 5.32 Å². The van der Waals surface area contributed by atoms with E-state index in [1.807, 2.05) is 0 Å². The molecule has 32 heavy (non-hydrogen) atoms. The summed E-state index contributed by atoms with van der Waals surface area (Å²) in [7, 11) is 0. The molecule has 10 heteroatoms. The highest BCUT2D eigenvalue weighted by atomic mass is 19.4. The van der Waals surface area contributed by atoms with E-state index in [1.165, 1.54) is 18.2 Å². The second-order valence-electron chi connectivity index (χ2n) is 7.64. The first-order chi connectivity index (χ1) is 15.3. The van der Waals surface area contributed by atoms with E-state index in [9.17, 15) is 23.1 Å². The van der Waals surface area contributed by atoms with Crippen LogP contribution >= 0.6 is 0 Å². The fraction of sp³-hybridized carbons (Fsp3) is 0.318. The fourth-order valence-electron chi connectivity index (χ4n) is 3.60. The molecule has 0 saturated carbocycles. The van der Waals surface area contributed by atoms with Crippen LogP contribution in [0, 0.1) is 5.92 Å². The molecule has 1 fully saturated rings. The third kappa shape index (κ3) is 5.08. The molecule has 1 saturated heterocycles. The molecule has 2 N–H and O–H groups in total. The number of amides is 1. The van der Waals surface area contributed by atoms with Crippen molar-refractivity contribution in [2.45, 2.75) is 25.6 Å². The molecule has 4 rings (SSSR count). The molecule has 1 amide bonds. The summed E-state index contributed by atoms with van der Waals surface area (Å²) in [4.78, 5) is 18.8. The SMILES string of the molecule is O=C(Nc1ccccc1O)C1CCN(Cc2nc(-c3ccc(C(F)(F)F)cc3)no2)CC1. The van der Waals surface area contributed by atoms with Gasteiger partial charge >= 0.3 is 6.18 Å². The third-order valence-corrected chi connectivity index (χ3v) is 5.42.